The smallest absolute Gasteiger partial charge is 0.234 e. The fourth-order valence-electron chi connectivity index (χ4n) is 2.88. The lowest BCUT2D eigenvalue weighted by molar-refractivity contribution is -0.122. The first-order valence-corrected chi connectivity index (χ1v) is 7.03. The van der Waals surface area contributed by atoms with Crippen LogP contribution < -0.4 is 5.32 Å². The third kappa shape index (κ3) is 3.93. The highest BCUT2D eigenvalue weighted by atomic mass is 16.3. The summed E-state index contributed by atoms with van der Waals surface area (Å²) in [6, 6.07) is 0.317. The second-order valence-corrected chi connectivity index (χ2v) is 5.58. The van der Waals surface area contributed by atoms with E-state index in [-0.39, 0.29) is 12.5 Å². The van der Waals surface area contributed by atoms with Crippen LogP contribution in [0, 0.1) is 0 Å². The van der Waals surface area contributed by atoms with E-state index in [4.69, 9.17) is 0 Å². The highest BCUT2D eigenvalue weighted by Gasteiger charge is 2.30. The van der Waals surface area contributed by atoms with E-state index in [1.807, 2.05) is 0 Å². The van der Waals surface area contributed by atoms with Crippen LogP contribution in [-0.4, -0.2) is 58.9 Å². The number of likely N-dealkylation sites (tertiary alicyclic amines) is 1. The van der Waals surface area contributed by atoms with E-state index in [9.17, 15) is 15.0 Å². The molecule has 1 saturated heterocycles. The van der Waals surface area contributed by atoms with E-state index < -0.39 is 12.2 Å². The number of β-amino-alcohol motifs (C(OH)–C–C–N with tert-alkyl or cyclic N) is 2. The third-order valence-corrected chi connectivity index (χ3v) is 3.92. The second kappa shape index (κ2) is 6.50. The van der Waals surface area contributed by atoms with E-state index in [0.29, 0.717) is 19.1 Å². The molecule has 0 radical (unpaired) electrons. The molecule has 1 aliphatic carbocycles. The van der Waals surface area contributed by atoms with E-state index in [1.54, 1.807) is 4.90 Å². The number of aliphatic hydroxyl groups is 2. The van der Waals surface area contributed by atoms with Gasteiger partial charge in [-0.05, 0) is 12.8 Å². The Bertz CT molecular complexity index is 261. The van der Waals surface area contributed by atoms with Crippen LogP contribution in [0.1, 0.15) is 38.5 Å². The molecule has 0 aromatic carbocycles. The topological polar surface area (TPSA) is 72.8 Å². The first-order chi connectivity index (χ1) is 8.65. The molecular formula is C13H24N2O3. The molecule has 1 saturated carbocycles. The van der Waals surface area contributed by atoms with Crippen LogP contribution in [0.25, 0.3) is 0 Å². The summed E-state index contributed by atoms with van der Waals surface area (Å²) in [6.07, 6.45) is 5.69. The van der Waals surface area contributed by atoms with Crippen molar-refractivity contribution in [1.29, 1.82) is 0 Å². The van der Waals surface area contributed by atoms with Crippen LogP contribution in [0.4, 0.5) is 0 Å². The van der Waals surface area contributed by atoms with Gasteiger partial charge < -0.3 is 15.5 Å². The van der Waals surface area contributed by atoms with E-state index >= 15 is 0 Å². The molecular weight excluding hydrogens is 232 g/mol. The fourth-order valence-corrected chi connectivity index (χ4v) is 2.88. The summed E-state index contributed by atoms with van der Waals surface area (Å²) in [4.78, 5) is 13.7. The average Bonchev–Trinajstić information content (AvgIpc) is 2.55. The Hall–Kier alpha value is -0.650. The number of aliphatic hydroxyl groups excluding tert-OH is 2. The fraction of sp³-hybridized carbons (Fsp3) is 0.923. The number of amides is 1. The predicted molar refractivity (Wildman–Crippen MR) is 68.1 cm³/mol. The van der Waals surface area contributed by atoms with Gasteiger partial charge in [0.2, 0.25) is 5.91 Å². The maximum Gasteiger partial charge on any atom is 0.234 e. The van der Waals surface area contributed by atoms with Crippen LogP contribution in [0.5, 0.6) is 0 Å². The van der Waals surface area contributed by atoms with Gasteiger partial charge in [-0.1, -0.05) is 25.7 Å². The van der Waals surface area contributed by atoms with Crippen molar-refractivity contribution in [2.24, 2.45) is 0 Å². The first kappa shape index (κ1) is 13.8. The molecule has 5 heteroatoms. The third-order valence-electron chi connectivity index (χ3n) is 3.92. The summed E-state index contributed by atoms with van der Waals surface area (Å²) >= 11 is 0. The van der Waals surface area contributed by atoms with Gasteiger partial charge in [0.15, 0.2) is 0 Å². The molecule has 2 atom stereocenters. The molecule has 2 fully saturated rings. The molecule has 1 amide bonds. The van der Waals surface area contributed by atoms with Gasteiger partial charge in [0, 0.05) is 19.1 Å². The van der Waals surface area contributed by atoms with Gasteiger partial charge in [-0.3, -0.25) is 9.69 Å². The van der Waals surface area contributed by atoms with Crippen LogP contribution in [-0.2, 0) is 4.79 Å². The summed E-state index contributed by atoms with van der Waals surface area (Å²) in [6.45, 7) is 1.06. The maximum absolute atomic E-state index is 11.9. The molecule has 5 nitrogen and oxygen atoms in total. The normalized spacial score (nSPS) is 31.2. The SMILES string of the molecule is O=C(CN1CC(O)C(O)C1)NC1CCCCCC1. The van der Waals surface area contributed by atoms with Crippen molar-refractivity contribution in [1.82, 2.24) is 10.2 Å². The number of hydrogen-bond donors (Lipinski definition) is 3. The van der Waals surface area contributed by atoms with E-state index in [1.165, 1.54) is 25.7 Å². The number of nitrogens with zero attached hydrogens (tertiary/aromatic N) is 1. The largest absolute Gasteiger partial charge is 0.389 e. The van der Waals surface area contributed by atoms with Gasteiger partial charge in [0.1, 0.15) is 0 Å². The van der Waals surface area contributed by atoms with Crippen molar-refractivity contribution in [3.8, 4) is 0 Å². The average molecular weight is 256 g/mol. The minimum Gasteiger partial charge on any atom is -0.389 e. The molecule has 18 heavy (non-hydrogen) atoms. The minimum absolute atomic E-state index is 0.0169. The number of carbonyl (C=O) groups is 1. The number of rotatable bonds is 3. The van der Waals surface area contributed by atoms with Crippen LogP contribution in [0.15, 0.2) is 0 Å². The molecule has 2 unspecified atom stereocenters. The Kier molecular flexibility index (Phi) is 4.97. The predicted octanol–water partition coefficient (Wildman–Crippen LogP) is -0.137. The lowest BCUT2D eigenvalue weighted by Crippen LogP contribution is -2.41. The number of carbonyl (C=O) groups excluding carboxylic acids is 1. The zero-order valence-electron chi connectivity index (χ0n) is 10.8. The quantitative estimate of drug-likeness (QED) is 0.615. The van der Waals surface area contributed by atoms with Crippen molar-refractivity contribution in [3.63, 3.8) is 0 Å². The van der Waals surface area contributed by atoms with Gasteiger partial charge in [-0.15, -0.1) is 0 Å². The van der Waals surface area contributed by atoms with Crippen LogP contribution in [0.2, 0.25) is 0 Å². The molecule has 0 spiro atoms. The highest BCUT2D eigenvalue weighted by molar-refractivity contribution is 5.78. The molecule has 0 bridgehead atoms. The monoisotopic (exact) mass is 256 g/mol. The van der Waals surface area contributed by atoms with Gasteiger partial charge >= 0.3 is 0 Å². The zero-order valence-corrected chi connectivity index (χ0v) is 10.8. The number of nitrogens with one attached hydrogen (secondary N) is 1. The molecule has 2 rings (SSSR count). The molecule has 104 valence electrons. The molecule has 0 aromatic rings. The van der Waals surface area contributed by atoms with Crippen molar-refractivity contribution >= 4 is 5.91 Å². The summed E-state index contributed by atoms with van der Waals surface area (Å²) in [5, 5.41) is 21.9. The van der Waals surface area contributed by atoms with Gasteiger partial charge in [-0.25, -0.2) is 0 Å². The molecule has 2 aliphatic rings. The van der Waals surface area contributed by atoms with E-state index in [2.05, 4.69) is 5.32 Å². The van der Waals surface area contributed by atoms with E-state index in [0.717, 1.165) is 12.8 Å². The second-order valence-electron chi connectivity index (χ2n) is 5.58. The Morgan fingerprint density at radius 3 is 2.17 bits per heavy atom. The molecule has 1 aliphatic heterocycles. The standard InChI is InChI=1S/C13H24N2O3/c16-11-7-15(8-12(11)17)9-13(18)14-10-5-3-1-2-4-6-10/h10-12,16-17H,1-9H2,(H,14,18). The Balaban J connectivity index is 1.71. The van der Waals surface area contributed by atoms with Crippen molar-refractivity contribution in [3.05, 3.63) is 0 Å². The zero-order chi connectivity index (χ0) is 13.0. The summed E-state index contributed by atoms with van der Waals surface area (Å²) in [7, 11) is 0. The lowest BCUT2D eigenvalue weighted by atomic mass is 10.1. The molecule has 1 heterocycles. The Morgan fingerprint density at radius 1 is 1.06 bits per heavy atom. The Labute approximate surface area is 108 Å². The van der Waals surface area contributed by atoms with Crippen LogP contribution in [0.3, 0.4) is 0 Å². The highest BCUT2D eigenvalue weighted by Crippen LogP contribution is 2.17. The summed E-state index contributed by atoms with van der Waals surface area (Å²) in [5.74, 6) is 0.0169. The van der Waals surface area contributed by atoms with Crippen molar-refractivity contribution in [2.75, 3.05) is 19.6 Å². The lowest BCUT2D eigenvalue weighted by Gasteiger charge is -2.19. The van der Waals surface area contributed by atoms with Crippen molar-refractivity contribution < 1.29 is 15.0 Å². The maximum atomic E-state index is 11.9. The van der Waals surface area contributed by atoms with Crippen LogP contribution >= 0.6 is 0 Å². The van der Waals surface area contributed by atoms with Gasteiger partial charge in [0.05, 0.1) is 18.8 Å². The van der Waals surface area contributed by atoms with Crippen molar-refractivity contribution in [2.45, 2.75) is 56.8 Å². The first-order valence-electron chi connectivity index (χ1n) is 7.03. The molecule has 3 N–H and O–H groups in total. The number of hydrogen-bond acceptors (Lipinski definition) is 4. The molecule has 0 aromatic heterocycles. The summed E-state index contributed by atoms with van der Waals surface area (Å²) < 4.78 is 0. The Morgan fingerprint density at radius 2 is 1.61 bits per heavy atom. The van der Waals surface area contributed by atoms with Gasteiger partial charge in [0.25, 0.3) is 0 Å². The minimum atomic E-state index is -0.712. The van der Waals surface area contributed by atoms with Gasteiger partial charge in [-0.2, -0.15) is 0 Å². The summed E-state index contributed by atoms with van der Waals surface area (Å²) in [5.41, 5.74) is 0.